The summed E-state index contributed by atoms with van der Waals surface area (Å²) in [6, 6.07) is 4.48. The fraction of sp³-hybridized carbons (Fsp3) is 0.500. The van der Waals surface area contributed by atoms with E-state index < -0.39 is 11.6 Å². The van der Waals surface area contributed by atoms with Crippen LogP contribution in [0.3, 0.4) is 0 Å². The molecule has 0 bridgehead atoms. The maximum Gasteiger partial charge on any atom is 0.255 e. The van der Waals surface area contributed by atoms with Gasteiger partial charge >= 0.3 is 0 Å². The van der Waals surface area contributed by atoms with E-state index in [1.165, 1.54) is 12.1 Å². The summed E-state index contributed by atoms with van der Waals surface area (Å²) >= 11 is 3.14. The highest BCUT2D eigenvalue weighted by molar-refractivity contribution is 9.10. The zero-order valence-corrected chi connectivity index (χ0v) is 12.5. The Hall–Kier alpha value is -0.980. The van der Waals surface area contributed by atoms with Gasteiger partial charge in [0.15, 0.2) is 5.79 Å². The van der Waals surface area contributed by atoms with Crippen molar-refractivity contribution in [2.75, 3.05) is 26.3 Å². The number of carbonyl (C=O) groups excluding carboxylic acids is 1. The fourth-order valence-corrected chi connectivity index (χ4v) is 3.17. The highest BCUT2D eigenvalue weighted by Gasteiger charge is 2.42. The molecule has 2 heterocycles. The van der Waals surface area contributed by atoms with Gasteiger partial charge in [0.2, 0.25) is 0 Å². The number of ether oxygens (including phenoxy) is 2. The summed E-state index contributed by atoms with van der Waals surface area (Å²) in [4.78, 5) is 14.2. The number of nitrogens with zero attached hydrogens (tertiary/aromatic N) is 1. The number of hydrogen-bond acceptors (Lipinski definition) is 3. The van der Waals surface area contributed by atoms with Crippen molar-refractivity contribution < 1.29 is 18.7 Å². The van der Waals surface area contributed by atoms with Gasteiger partial charge in [-0.1, -0.05) is 6.07 Å². The molecular weight excluding hydrogens is 329 g/mol. The van der Waals surface area contributed by atoms with Crippen molar-refractivity contribution in [1.29, 1.82) is 0 Å². The smallest absolute Gasteiger partial charge is 0.255 e. The highest BCUT2D eigenvalue weighted by Crippen LogP contribution is 2.31. The fourth-order valence-electron chi connectivity index (χ4n) is 2.73. The molecule has 6 heteroatoms. The van der Waals surface area contributed by atoms with E-state index in [9.17, 15) is 9.18 Å². The molecule has 0 radical (unpaired) electrons. The first kappa shape index (κ1) is 14.0. The molecule has 4 nitrogen and oxygen atoms in total. The van der Waals surface area contributed by atoms with Crippen LogP contribution in [-0.2, 0) is 9.47 Å². The Morgan fingerprint density at radius 3 is 2.85 bits per heavy atom. The molecule has 0 N–H and O–H groups in total. The molecule has 0 aromatic heterocycles. The minimum atomic E-state index is -0.659. The molecule has 1 amide bonds. The number of benzene rings is 1. The largest absolute Gasteiger partial charge is 0.346 e. The first-order valence-electron chi connectivity index (χ1n) is 6.62. The summed E-state index contributed by atoms with van der Waals surface area (Å²) in [6.07, 6.45) is 1.61. The van der Waals surface area contributed by atoms with Crippen molar-refractivity contribution in [2.45, 2.75) is 18.6 Å². The minimum Gasteiger partial charge on any atom is -0.346 e. The van der Waals surface area contributed by atoms with E-state index in [1.807, 2.05) is 0 Å². The van der Waals surface area contributed by atoms with Gasteiger partial charge in [0.25, 0.3) is 5.91 Å². The van der Waals surface area contributed by atoms with E-state index in [1.54, 1.807) is 11.0 Å². The van der Waals surface area contributed by atoms with Crippen molar-refractivity contribution in [3.63, 3.8) is 0 Å². The second kappa shape index (κ2) is 5.42. The van der Waals surface area contributed by atoms with E-state index in [0.29, 0.717) is 31.9 Å². The van der Waals surface area contributed by atoms with Crippen LogP contribution in [0.25, 0.3) is 0 Å². The van der Waals surface area contributed by atoms with Gasteiger partial charge in [-0.25, -0.2) is 4.39 Å². The number of halogens is 2. The zero-order valence-electron chi connectivity index (χ0n) is 10.9. The topological polar surface area (TPSA) is 38.8 Å². The molecule has 1 spiro atoms. The Kier molecular flexibility index (Phi) is 3.79. The SMILES string of the molecule is O=C(c1cccc(F)c1Br)N1CCCC2(C1)OCCO2. The number of hydrogen-bond donors (Lipinski definition) is 0. The van der Waals surface area contributed by atoms with E-state index in [2.05, 4.69) is 15.9 Å². The van der Waals surface area contributed by atoms with Crippen LogP contribution in [0, 0.1) is 5.82 Å². The second-order valence-electron chi connectivity index (χ2n) is 5.04. The Morgan fingerprint density at radius 2 is 2.10 bits per heavy atom. The molecule has 108 valence electrons. The van der Waals surface area contributed by atoms with Gasteiger partial charge in [0, 0.05) is 13.0 Å². The molecule has 2 saturated heterocycles. The number of rotatable bonds is 1. The van der Waals surface area contributed by atoms with Gasteiger partial charge in [-0.3, -0.25) is 4.79 Å². The summed E-state index contributed by atoms with van der Waals surface area (Å²) in [5, 5.41) is 0. The normalized spacial score (nSPS) is 21.4. The Bertz CT molecular complexity index is 531. The quantitative estimate of drug-likeness (QED) is 0.786. The van der Waals surface area contributed by atoms with Crippen molar-refractivity contribution in [1.82, 2.24) is 4.90 Å². The summed E-state index contributed by atoms with van der Waals surface area (Å²) in [5.74, 6) is -1.29. The molecule has 0 saturated carbocycles. The molecule has 0 atom stereocenters. The van der Waals surface area contributed by atoms with Crippen molar-refractivity contribution in [3.05, 3.63) is 34.1 Å². The summed E-state index contributed by atoms with van der Waals surface area (Å²) in [6.45, 7) is 2.16. The van der Waals surface area contributed by atoms with E-state index >= 15 is 0 Å². The van der Waals surface area contributed by atoms with Crippen LogP contribution in [-0.4, -0.2) is 42.9 Å². The van der Waals surface area contributed by atoms with E-state index in [4.69, 9.17) is 9.47 Å². The zero-order chi connectivity index (χ0) is 14.2. The predicted octanol–water partition coefficient (Wildman–Crippen LogP) is 2.57. The summed E-state index contributed by atoms with van der Waals surface area (Å²) < 4.78 is 25.0. The number of piperidine rings is 1. The molecule has 0 aliphatic carbocycles. The van der Waals surface area contributed by atoms with Gasteiger partial charge < -0.3 is 14.4 Å². The van der Waals surface area contributed by atoms with Crippen LogP contribution in [0.4, 0.5) is 4.39 Å². The van der Waals surface area contributed by atoms with Gasteiger partial charge in [-0.15, -0.1) is 0 Å². The van der Waals surface area contributed by atoms with Crippen LogP contribution in [0.5, 0.6) is 0 Å². The molecule has 1 aromatic carbocycles. The van der Waals surface area contributed by atoms with Crippen LogP contribution in [0.2, 0.25) is 0 Å². The van der Waals surface area contributed by atoms with Gasteiger partial charge in [-0.2, -0.15) is 0 Å². The highest BCUT2D eigenvalue weighted by atomic mass is 79.9. The molecule has 20 heavy (non-hydrogen) atoms. The van der Waals surface area contributed by atoms with Crippen molar-refractivity contribution in [2.24, 2.45) is 0 Å². The summed E-state index contributed by atoms with van der Waals surface area (Å²) in [5.41, 5.74) is 0.333. The lowest BCUT2D eigenvalue weighted by Crippen LogP contribution is -2.51. The first-order chi connectivity index (χ1) is 9.61. The molecule has 2 aliphatic heterocycles. The van der Waals surface area contributed by atoms with Crippen molar-refractivity contribution >= 4 is 21.8 Å². The molecule has 2 fully saturated rings. The average Bonchev–Trinajstić information content (AvgIpc) is 2.89. The Labute approximate surface area is 125 Å². The molecule has 2 aliphatic rings. The molecule has 0 unspecified atom stereocenters. The first-order valence-corrected chi connectivity index (χ1v) is 7.42. The van der Waals surface area contributed by atoms with Crippen LogP contribution >= 0.6 is 15.9 Å². The minimum absolute atomic E-state index is 0.199. The number of amides is 1. The number of carbonyl (C=O) groups is 1. The lowest BCUT2D eigenvalue weighted by molar-refractivity contribution is -0.183. The van der Waals surface area contributed by atoms with Gasteiger partial charge in [-0.05, 0) is 34.5 Å². The van der Waals surface area contributed by atoms with Gasteiger partial charge in [0.05, 0.1) is 29.8 Å². The predicted molar refractivity (Wildman–Crippen MR) is 73.9 cm³/mol. The lowest BCUT2D eigenvalue weighted by atomic mass is 10.0. The molecule has 3 rings (SSSR count). The van der Waals surface area contributed by atoms with Crippen molar-refractivity contribution in [3.8, 4) is 0 Å². The standard InChI is InChI=1S/C14H15BrFNO3/c15-12-10(3-1-4-11(12)16)13(18)17-6-2-5-14(9-17)19-7-8-20-14/h1,3-4H,2,5-9H2. The van der Waals surface area contributed by atoms with E-state index in [0.717, 1.165) is 12.8 Å². The third-order valence-corrected chi connectivity index (χ3v) is 4.51. The van der Waals surface area contributed by atoms with Gasteiger partial charge in [0.1, 0.15) is 5.82 Å². The van der Waals surface area contributed by atoms with Crippen LogP contribution < -0.4 is 0 Å². The third-order valence-electron chi connectivity index (χ3n) is 3.70. The average molecular weight is 344 g/mol. The third kappa shape index (κ3) is 2.47. The summed E-state index contributed by atoms with van der Waals surface area (Å²) in [7, 11) is 0. The van der Waals surface area contributed by atoms with E-state index in [-0.39, 0.29) is 10.4 Å². The van der Waals surface area contributed by atoms with Crippen LogP contribution in [0.1, 0.15) is 23.2 Å². The number of likely N-dealkylation sites (tertiary alicyclic amines) is 1. The molecule has 1 aromatic rings. The molecular formula is C14H15BrFNO3. The Balaban J connectivity index is 1.81. The monoisotopic (exact) mass is 343 g/mol. The van der Waals surface area contributed by atoms with Crippen LogP contribution in [0.15, 0.2) is 22.7 Å². The maximum atomic E-state index is 13.5. The Morgan fingerprint density at radius 1 is 1.35 bits per heavy atom. The second-order valence-corrected chi connectivity index (χ2v) is 5.83. The lowest BCUT2D eigenvalue weighted by Gasteiger charge is -2.38. The maximum absolute atomic E-state index is 13.5.